The molecule has 1 aliphatic rings. The zero-order chi connectivity index (χ0) is 17.9. The van der Waals surface area contributed by atoms with Crippen LogP contribution in [-0.4, -0.2) is 45.4 Å². The van der Waals surface area contributed by atoms with Crippen molar-refractivity contribution in [2.45, 2.75) is 23.1 Å². The molecule has 0 aliphatic carbocycles. The van der Waals surface area contributed by atoms with Gasteiger partial charge in [-0.1, -0.05) is 36.4 Å². The highest BCUT2D eigenvalue weighted by Crippen LogP contribution is 2.21. The third-order valence-corrected chi connectivity index (χ3v) is 6.28. The lowest BCUT2D eigenvalue weighted by Gasteiger charge is -2.25. The Bertz CT molecular complexity index is 844. The molecule has 0 aromatic heterocycles. The minimum atomic E-state index is -3.50. The Hall–Kier alpha value is -2.18. The van der Waals surface area contributed by atoms with Crippen LogP contribution in [0.4, 0.5) is 0 Å². The first-order chi connectivity index (χ1) is 12.0. The molecule has 0 radical (unpaired) electrons. The van der Waals surface area contributed by atoms with Gasteiger partial charge in [-0.25, -0.2) is 8.42 Å². The molecule has 0 spiro atoms. The van der Waals surface area contributed by atoms with Crippen LogP contribution in [0.25, 0.3) is 0 Å². The van der Waals surface area contributed by atoms with E-state index in [9.17, 15) is 13.2 Å². The van der Waals surface area contributed by atoms with Gasteiger partial charge in [0.25, 0.3) is 5.91 Å². The highest BCUT2D eigenvalue weighted by Gasteiger charge is 2.26. The molecule has 1 unspecified atom stereocenters. The minimum absolute atomic E-state index is 0.132. The monoisotopic (exact) mass is 358 g/mol. The van der Waals surface area contributed by atoms with E-state index in [0.717, 1.165) is 19.5 Å². The number of benzene rings is 2. The number of hydrogen-bond donors (Lipinski definition) is 1. The number of rotatable bonds is 5. The molecule has 1 N–H and O–H groups in total. The summed E-state index contributed by atoms with van der Waals surface area (Å²) in [6.07, 6.45) is 0.909. The van der Waals surface area contributed by atoms with Crippen molar-refractivity contribution in [3.05, 3.63) is 65.7 Å². The molecule has 1 aliphatic heterocycles. The molecule has 0 bridgehead atoms. The van der Waals surface area contributed by atoms with E-state index in [1.807, 2.05) is 0 Å². The summed E-state index contributed by atoms with van der Waals surface area (Å²) in [6.45, 7) is 1.67. The maximum Gasteiger partial charge on any atom is 0.254 e. The predicted octanol–water partition coefficient (Wildman–Crippen LogP) is 2.09. The van der Waals surface area contributed by atoms with Crippen molar-refractivity contribution in [2.24, 2.45) is 0 Å². The number of nitrogens with one attached hydrogen (secondary N) is 1. The fourth-order valence-corrected chi connectivity index (χ4v) is 4.50. The van der Waals surface area contributed by atoms with Gasteiger partial charge in [0, 0.05) is 25.2 Å². The number of carbonyl (C=O) groups is 1. The molecule has 1 heterocycles. The number of carbonyl (C=O) groups excluding carboxylic acids is 1. The molecule has 25 heavy (non-hydrogen) atoms. The van der Waals surface area contributed by atoms with Gasteiger partial charge in [0.05, 0.1) is 10.6 Å². The van der Waals surface area contributed by atoms with E-state index in [-0.39, 0.29) is 22.6 Å². The summed E-state index contributed by atoms with van der Waals surface area (Å²) >= 11 is 0. The Balaban J connectivity index is 1.87. The zero-order valence-electron chi connectivity index (χ0n) is 14.2. The summed E-state index contributed by atoms with van der Waals surface area (Å²) in [5, 5.41) is 3.24. The average molecular weight is 358 g/mol. The fourth-order valence-electron chi connectivity index (χ4n) is 3.10. The van der Waals surface area contributed by atoms with Gasteiger partial charge in [-0.2, -0.15) is 0 Å². The molecule has 1 fully saturated rings. The molecule has 2 aromatic carbocycles. The molecule has 2 aromatic rings. The molecule has 1 atom stereocenters. The van der Waals surface area contributed by atoms with E-state index in [1.165, 1.54) is 0 Å². The van der Waals surface area contributed by atoms with Gasteiger partial charge < -0.3 is 10.2 Å². The average Bonchev–Trinajstić information content (AvgIpc) is 3.16. The van der Waals surface area contributed by atoms with Crippen LogP contribution in [-0.2, 0) is 15.6 Å². The quantitative estimate of drug-likeness (QED) is 0.889. The van der Waals surface area contributed by atoms with Crippen molar-refractivity contribution in [1.82, 2.24) is 10.2 Å². The SMILES string of the molecule is CN(C(=O)c1ccccc1CS(=O)(=O)c1ccccc1)C1CCNC1. The number of amides is 1. The summed E-state index contributed by atoms with van der Waals surface area (Å²) in [6, 6.07) is 15.4. The molecule has 1 saturated heterocycles. The summed E-state index contributed by atoms with van der Waals surface area (Å²) in [5.74, 6) is -0.317. The molecule has 1 amide bonds. The smallest absolute Gasteiger partial charge is 0.254 e. The van der Waals surface area contributed by atoms with Crippen LogP contribution >= 0.6 is 0 Å². The predicted molar refractivity (Wildman–Crippen MR) is 97.1 cm³/mol. The Labute approximate surface area is 148 Å². The first-order valence-corrected chi connectivity index (χ1v) is 9.98. The number of sulfone groups is 1. The first-order valence-electron chi connectivity index (χ1n) is 8.32. The van der Waals surface area contributed by atoms with E-state index >= 15 is 0 Å². The largest absolute Gasteiger partial charge is 0.337 e. The van der Waals surface area contributed by atoms with Gasteiger partial charge in [-0.05, 0) is 36.7 Å². The highest BCUT2D eigenvalue weighted by atomic mass is 32.2. The standard InChI is InChI=1S/C19H22N2O3S/c1-21(16-11-12-20-13-16)19(22)18-10-6-5-7-15(18)14-25(23,24)17-8-3-2-4-9-17/h2-10,16,20H,11-14H2,1H3. The van der Waals surface area contributed by atoms with E-state index in [0.29, 0.717) is 11.1 Å². The van der Waals surface area contributed by atoms with Crippen molar-refractivity contribution >= 4 is 15.7 Å². The van der Waals surface area contributed by atoms with E-state index in [2.05, 4.69) is 5.32 Å². The topological polar surface area (TPSA) is 66.5 Å². The van der Waals surface area contributed by atoms with Gasteiger partial charge in [0.1, 0.15) is 0 Å². The lowest BCUT2D eigenvalue weighted by Crippen LogP contribution is -2.38. The van der Waals surface area contributed by atoms with Crippen LogP contribution < -0.4 is 5.32 Å². The third-order valence-electron chi connectivity index (χ3n) is 4.60. The summed E-state index contributed by atoms with van der Waals surface area (Å²) in [7, 11) is -1.72. The number of hydrogen-bond acceptors (Lipinski definition) is 4. The normalized spacial score (nSPS) is 17.4. The number of likely N-dealkylation sites (N-methyl/N-ethyl adjacent to an activating group) is 1. The van der Waals surface area contributed by atoms with Gasteiger partial charge in [0.15, 0.2) is 9.84 Å². The van der Waals surface area contributed by atoms with Crippen molar-refractivity contribution in [1.29, 1.82) is 0 Å². The van der Waals surface area contributed by atoms with Crippen LogP contribution in [0.1, 0.15) is 22.3 Å². The second kappa shape index (κ2) is 7.37. The van der Waals surface area contributed by atoms with E-state index < -0.39 is 9.84 Å². The molecule has 0 saturated carbocycles. The van der Waals surface area contributed by atoms with Crippen LogP contribution in [0, 0.1) is 0 Å². The molecule has 6 heteroatoms. The highest BCUT2D eigenvalue weighted by molar-refractivity contribution is 7.90. The third kappa shape index (κ3) is 3.91. The lowest BCUT2D eigenvalue weighted by atomic mass is 10.1. The molecule has 132 valence electrons. The fraction of sp³-hybridized carbons (Fsp3) is 0.316. The Morgan fingerprint density at radius 1 is 1.12 bits per heavy atom. The van der Waals surface area contributed by atoms with Gasteiger partial charge in [-0.15, -0.1) is 0 Å². The Morgan fingerprint density at radius 3 is 2.48 bits per heavy atom. The van der Waals surface area contributed by atoms with Crippen LogP contribution in [0.15, 0.2) is 59.5 Å². The van der Waals surface area contributed by atoms with Crippen molar-refractivity contribution in [3.63, 3.8) is 0 Å². The minimum Gasteiger partial charge on any atom is -0.337 e. The van der Waals surface area contributed by atoms with Crippen LogP contribution in [0.5, 0.6) is 0 Å². The zero-order valence-corrected chi connectivity index (χ0v) is 15.0. The van der Waals surface area contributed by atoms with Crippen molar-refractivity contribution in [3.8, 4) is 0 Å². The maximum absolute atomic E-state index is 12.9. The van der Waals surface area contributed by atoms with Crippen LogP contribution in [0.2, 0.25) is 0 Å². The molecule has 3 rings (SSSR count). The Kier molecular flexibility index (Phi) is 5.20. The lowest BCUT2D eigenvalue weighted by molar-refractivity contribution is 0.0743. The molecule has 5 nitrogen and oxygen atoms in total. The summed E-state index contributed by atoms with van der Waals surface area (Å²) in [5.41, 5.74) is 0.991. The first kappa shape index (κ1) is 17.6. The van der Waals surface area contributed by atoms with Gasteiger partial charge >= 0.3 is 0 Å². The summed E-state index contributed by atoms with van der Waals surface area (Å²) < 4.78 is 25.3. The van der Waals surface area contributed by atoms with Crippen molar-refractivity contribution < 1.29 is 13.2 Å². The second-order valence-corrected chi connectivity index (χ2v) is 8.28. The molecular weight excluding hydrogens is 336 g/mol. The maximum atomic E-state index is 12.9. The van der Waals surface area contributed by atoms with E-state index in [1.54, 1.807) is 66.5 Å². The summed E-state index contributed by atoms with van der Waals surface area (Å²) in [4.78, 5) is 14.9. The van der Waals surface area contributed by atoms with E-state index in [4.69, 9.17) is 0 Å². The van der Waals surface area contributed by atoms with Crippen molar-refractivity contribution in [2.75, 3.05) is 20.1 Å². The molecular formula is C19H22N2O3S. The Morgan fingerprint density at radius 2 is 1.80 bits per heavy atom. The second-order valence-electron chi connectivity index (χ2n) is 6.29. The van der Waals surface area contributed by atoms with Gasteiger partial charge in [0.2, 0.25) is 0 Å². The van der Waals surface area contributed by atoms with Crippen LogP contribution in [0.3, 0.4) is 0 Å². The number of nitrogens with zero attached hydrogens (tertiary/aromatic N) is 1. The van der Waals surface area contributed by atoms with Gasteiger partial charge in [-0.3, -0.25) is 4.79 Å².